The van der Waals surface area contributed by atoms with E-state index in [-0.39, 0.29) is 24.0 Å². The number of hydrogen-bond donors (Lipinski definition) is 4. The molecule has 1 spiro atoms. The molecule has 4 N–H and O–H groups in total. The zero-order valence-corrected chi connectivity index (χ0v) is 23.3. The van der Waals surface area contributed by atoms with Gasteiger partial charge >= 0.3 is 17.9 Å². The Hall–Kier alpha value is -3.64. The van der Waals surface area contributed by atoms with E-state index in [9.17, 15) is 29.4 Å². The summed E-state index contributed by atoms with van der Waals surface area (Å²) >= 11 is 0. The monoisotopic (exact) mass is 573 g/mol. The van der Waals surface area contributed by atoms with E-state index in [0.717, 1.165) is 17.5 Å². The summed E-state index contributed by atoms with van der Waals surface area (Å²) in [6.07, 6.45) is -0.856. The van der Waals surface area contributed by atoms with E-state index in [2.05, 4.69) is 12.2 Å². The topological polar surface area (TPSA) is 178 Å². The Kier molecular flexibility index (Phi) is 7.27. The first-order chi connectivity index (χ1) is 19.3. The maximum absolute atomic E-state index is 12.9. The van der Waals surface area contributed by atoms with Crippen molar-refractivity contribution in [2.75, 3.05) is 7.11 Å². The second-order valence-electron chi connectivity index (χ2n) is 11.5. The summed E-state index contributed by atoms with van der Waals surface area (Å²) in [5.74, 6) is -2.82. The Bertz CT molecular complexity index is 1320. The quantitative estimate of drug-likeness (QED) is 0.311. The van der Waals surface area contributed by atoms with E-state index in [0.29, 0.717) is 24.3 Å². The lowest BCUT2D eigenvalue weighted by molar-refractivity contribution is -0.173. The number of aliphatic carboxylic acids is 1. The van der Waals surface area contributed by atoms with Gasteiger partial charge in [-0.2, -0.15) is 0 Å². The van der Waals surface area contributed by atoms with Crippen molar-refractivity contribution in [1.29, 1.82) is 0 Å². The average molecular weight is 574 g/mol. The minimum absolute atomic E-state index is 0.0167. The fourth-order valence-corrected chi connectivity index (χ4v) is 7.08. The van der Waals surface area contributed by atoms with E-state index in [1.54, 1.807) is 6.08 Å². The summed E-state index contributed by atoms with van der Waals surface area (Å²) in [4.78, 5) is 48.2. The van der Waals surface area contributed by atoms with Gasteiger partial charge in [0.25, 0.3) is 5.91 Å². The summed E-state index contributed by atoms with van der Waals surface area (Å²) in [5.41, 5.74) is 0.00129. The Balaban J connectivity index is 1.31. The molecule has 1 heterocycles. The first kappa shape index (κ1) is 28.9. The third-order valence-electron chi connectivity index (χ3n) is 9.19. The average Bonchev–Trinajstić information content (AvgIpc) is 3.27. The zero-order chi connectivity index (χ0) is 29.9. The first-order valence-corrected chi connectivity index (χ1v) is 13.8. The zero-order valence-electron chi connectivity index (χ0n) is 23.3. The lowest BCUT2D eigenvalue weighted by atomic mass is 9.45. The second-order valence-corrected chi connectivity index (χ2v) is 11.5. The van der Waals surface area contributed by atoms with Crippen LogP contribution in [0.2, 0.25) is 0 Å². The van der Waals surface area contributed by atoms with Gasteiger partial charge < -0.3 is 39.6 Å². The van der Waals surface area contributed by atoms with Gasteiger partial charge in [0, 0.05) is 5.56 Å². The van der Waals surface area contributed by atoms with Gasteiger partial charge in [0.05, 0.1) is 24.5 Å². The van der Waals surface area contributed by atoms with Crippen LogP contribution in [0.15, 0.2) is 24.0 Å². The fraction of sp³-hybridized carbons (Fsp3) is 0.586. The molecule has 8 atom stereocenters. The summed E-state index contributed by atoms with van der Waals surface area (Å²) in [7, 11) is 1.54. The first-order valence-electron chi connectivity index (χ1n) is 13.8. The number of amides is 1. The molecule has 1 aromatic carbocycles. The van der Waals surface area contributed by atoms with Gasteiger partial charge in [-0.3, -0.25) is 14.4 Å². The van der Waals surface area contributed by atoms with Crippen molar-refractivity contribution in [2.45, 2.75) is 88.2 Å². The highest BCUT2D eigenvalue weighted by atomic mass is 16.6. The number of esters is 2. The summed E-state index contributed by atoms with van der Waals surface area (Å²) in [6, 6.07) is 2.63. The van der Waals surface area contributed by atoms with Crippen molar-refractivity contribution in [3.63, 3.8) is 0 Å². The number of nitrogens with one attached hydrogen (secondary N) is 1. The molecule has 1 fully saturated rings. The molecule has 12 nitrogen and oxygen atoms in total. The lowest BCUT2D eigenvalue weighted by Crippen LogP contribution is -2.69. The second kappa shape index (κ2) is 10.3. The number of carboxylic acids is 1. The minimum Gasteiger partial charge on any atom is -0.493 e. The molecule has 12 heteroatoms. The molecule has 1 saturated carbocycles. The van der Waals surface area contributed by atoms with Crippen molar-refractivity contribution in [1.82, 2.24) is 5.32 Å². The summed E-state index contributed by atoms with van der Waals surface area (Å²) in [6.45, 7) is 4.59. The molecular weight excluding hydrogens is 538 g/mol. The number of carboxylic acid groups (broad SMARTS) is 1. The third kappa shape index (κ3) is 4.44. The van der Waals surface area contributed by atoms with Crippen LogP contribution in [0.5, 0.6) is 11.5 Å². The SMILES string of the molecule is COc1ccc2c3c1O[C@H]1C(OC(=O)C[C@H](O)C(=O)O[C@@H](C)C(=O)N[C@@H](C)C(=O)O)=CC[C@@]4(O)[C@@H](C2)C(C)CCC314. The molecule has 3 aliphatic carbocycles. The molecule has 222 valence electrons. The van der Waals surface area contributed by atoms with Gasteiger partial charge in [-0.1, -0.05) is 13.0 Å². The number of methoxy groups -OCH3 is 1. The predicted molar refractivity (Wildman–Crippen MR) is 140 cm³/mol. The molecule has 2 unspecified atom stereocenters. The highest BCUT2D eigenvalue weighted by molar-refractivity contribution is 5.89. The van der Waals surface area contributed by atoms with Crippen LogP contribution in [-0.4, -0.2) is 76.2 Å². The summed E-state index contributed by atoms with van der Waals surface area (Å²) < 4.78 is 22.6. The molecule has 5 rings (SSSR count). The van der Waals surface area contributed by atoms with E-state index in [1.165, 1.54) is 21.0 Å². The number of carbonyl (C=O) groups is 4. The van der Waals surface area contributed by atoms with E-state index >= 15 is 0 Å². The third-order valence-corrected chi connectivity index (χ3v) is 9.19. The predicted octanol–water partition coefficient (Wildman–Crippen LogP) is 1.13. The maximum Gasteiger partial charge on any atom is 0.336 e. The fourth-order valence-electron chi connectivity index (χ4n) is 7.08. The highest BCUT2D eigenvalue weighted by Crippen LogP contribution is 2.68. The highest BCUT2D eigenvalue weighted by Gasteiger charge is 2.72. The van der Waals surface area contributed by atoms with Crippen LogP contribution in [0.25, 0.3) is 0 Å². The van der Waals surface area contributed by atoms with E-state index < -0.39 is 65.6 Å². The molecular formula is C29H35NO11. The molecule has 4 aliphatic rings. The van der Waals surface area contributed by atoms with Crippen LogP contribution in [0.3, 0.4) is 0 Å². The van der Waals surface area contributed by atoms with Gasteiger partial charge in [-0.15, -0.1) is 0 Å². The van der Waals surface area contributed by atoms with E-state index in [1.807, 2.05) is 12.1 Å². The number of aliphatic hydroxyl groups excluding tert-OH is 1. The number of hydrogen-bond acceptors (Lipinski definition) is 10. The Morgan fingerprint density at radius 3 is 2.63 bits per heavy atom. The van der Waals surface area contributed by atoms with Crippen LogP contribution in [0, 0.1) is 11.8 Å². The van der Waals surface area contributed by atoms with Crippen LogP contribution in [0.1, 0.15) is 57.6 Å². The standard InChI is InChI=1S/C29H35NO11/c1-13-7-9-28-22-16-5-6-19(38-4)23(22)41-24(28)20(8-10-29(28,37)17(13)11-16)40-21(32)12-18(31)27(36)39-15(3)25(33)30-14(2)26(34)35/h5-6,8,13-15,17-18,24,31,37H,7,9-12H2,1-4H3,(H,30,33)(H,34,35)/t13?,14-,15-,17-,18-,24-,28?,29+/m0/s1. The molecule has 0 aromatic heterocycles. The van der Waals surface area contributed by atoms with Crippen molar-refractivity contribution >= 4 is 23.8 Å². The normalized spacial score (nSPS) is 30.9. The smallest absolute Gasteiger partial charge is 0.336 e. The van der Waals surface area contributed by atoms with Gasteiger partial charge in [0.1, 0.15) is 11.8 Å². The van der Waals surface area contributed by atoms with Gasteiger partial charge in [0.15, 0.2) is 29.8 Å². The molecule has 41 heavy (non-hydrogen) atoms. The van der Waals surface area contributed by atoms with Gasteiger partial charge in [-0.05, 0) is 69.1 Å². The molecule has 1 aliphatic heterocycles. The van der Waals surface area contributed by atoms with Crippen LogP contribution in [-0.2, 0) is 40.5 Å². The number of benzene rings is 1. The van der Waals surface area contributed by atoms with Crippen LogP contribution >= 0.6 is 0 Å². The maximum atomic E-state index is 12.9. The Morgan fingerprint density at radius 1 is 1.22 bits per heavy atom. The van der Waals surface area contributed by atoms with Crippen LogP contribution in [0.4, 0.5) is 0 Å². The Labute approximate surface area is 236 Å². The molecule has 0 radical (unpaired) electrons. The largest absolute Gasteiger partial charge is 0.493 e. The number of aliphatic hydroxyl groups is 2. The molecule has 2 bridgehead atoms. The van der Waals surface area contributed by atoms with Crippen molar-refractivity contribution < 1.29 is 53.4 Å². The number of carbonyl (C=O) groups excluding carboxylic acids is 3. The molecule has 1 aromatic rings. The number of rotatable bonds is 9. The van der Waals surface area contributed by atoms with Crippen molar-refractivity contribution in [2.24, 2.45) is 11.8 Å². The molecule has 1 amide bonds. The van der Waals surface area contributed by atoms with Crippen LogP contribution < -0.4 is 14.8 Å². The lowest BCUT2D eigenvalue weighted by Gasteiger charge is -2.61. The van der Waals surface area contributed by atoms with Crippen molar-refractivity contribution in [3.8, 4) is 11.5 Å². The van der Waals surface area contributed by atoms with Gasteiger partial charge in [0.2, 0.25) is 0 Å². The summed E-state index contributed by atoms with van der Waals surface area (Å²) in [5, 5.41) is 33.6. The van der Waals surface area contributed by atoms with E-state index in [4.69, 9.17) is 24.1 Å². The van der Waals surface area contributed by atoms with Crippen molar-refractivity contribution in [3.05, 3.63) is 35.1 Å². The Morgan fingerprint density at radius 2 is 1.95 bits per heavy atom. The number of ether oxygens (including phenoxy) is 4. The molecule has 0 saturated heterocycles. The minimum atomic E-state index is -1.93. The van der Waals surface area contributed by atoms with Gasteiger partial charge in [-0.25, -0.2) is 4.79 Å².